The van der Waals surface area contributed by atoms with Crippen molar-refractivity contribution < 1.29 is 19.7 Å². The first-order valence-corrected chi connectivity index (χ1v) is 3.97. The monoisotopic (exact) mass is 200 g/mol. The zero-order valence-electron chi connectivity index (χ0n) is 8.18. The van der Waals surface area contributed by atoms with Gasteiger partial charge in [0.05, 0.1) is 18.4 Å². The van der Waals surface area contributed by atoms with Gasteiger partial charge in [-0.05, 0) is 6.92 Å². The third-order valence-electron chi connectivity index (χ3n) is 1.91. The number of carbonyl (C=O) groups is 1. The molecule has 2 N–H and O–H groups in total. The Morgan fingerprint density at radius 3 is 2.64 bits per heavy atom. The molecule has 1 aromatic heterocycles. The van der Waals surface area contributed by atoms with E-state index in [1.807, 2.05) is 0 Å². The first-order chi connectivity index (χ1) is 6.49. The lowest BCUT2D eigenvalue weighted by Crippen LogP contribution is -2.12. The summed E-state index contributed by atoms with van der Waals surface area (Å²) < 4.78 is 6.33. The number of aryl methyl sites for hydroxylation is 2. The molecule has 0 aliphatic rings. The summed E-state index contributed by atoms with van der Waals surface area (Å²) >= 11 is 0. The number of hydrogen-bond acceptors (Lipinski definition) is 4. The van der Waals surface area contributed by atoms with Gasteiger partial charge in [-0.2, -0.15) is 5.10 Å². The summed E-state index contributed by atoms with van der Waals surface area (Å²) in [6, 6.07) is 0. The summed E-state index contributed by atoms with van der Waals surface area (Å²) in [5, 5.41) is 22.0. The molecule has 1 aromatic rings. The average Bonchev–Trinajstić information content (AvgIpc) is 2.38. The van der Waals surface area contributed by atoms with Crippen molar-refractivity contribution in [2.45, 2.75) is 13.0 Å². The fourth-order valence-corrected chi connectivity index (χ4v) is 1.33. The van der Waals surface area contributed by atoms with Crippen LogP contribution >= 0.6 is 0 Å². The summed E-state index contributed by atoms with van der Waals surface area (Å²) in [6.07, 6.45) is -1.60. The maximum atomic E-state index is 10.6. The van der Waals surface area contributed by atoms with Crippen molar-refractivity contribution in [3.8, 4) is 5.88 Å². The van der Waals surface area contributed by atoms with Crippen LogP contribution in [0.5, 0.6) is 5.88 Å². The Hall–Kier alpha value is -1.56. The number of carboxylic acids is 1. The van der Waals surface area contributed by atoms with Gasteiger partial charge in [0.25, 0.3) is 0 Å². The third-order valence-corrected chi connectivity index (χ3v) is 1.91. The largest absolute Gasteiger partial charge is 0.481 e. The van der Waals surface area contributed by atoms with Crippen molar-refractivity contribution >= 4 is 5.97 Å². The van der Waals surface area contributed by atoms with Crippen LogP contribution in [0.1, 0.15) is 17.4 Å². The molecule has 0 aliphatic heterocycles. The first kappa shape index (κ1) is 10.5. The molecule has 0 saturated heterocycles. The maximum absolute atomic E-state index is 10.6. The van der Waals surface area contributed by atoms with Crippen molar-refractivity contribution in [3.05, 3.63) is 11.3 Å². The highest BCUT2D eigenvalue weighted by Gasteiger charge is 2.26. The second-order valence-electron chi connectivity index (χ2n) is 2.87. The highest BCUT2D eigenvalue weighted by atomic mass is 16.5. The van der Waals surface area contributed by atoms with E-state index >= 15 is 0 Å². The Morgan fingerprint density at radius 1 is 1.64 bits per heavy atom. The number of ether oxygens (including phenoxy) is 1. The number of aliphatic carboxylic acids is 1. The highest BCUT2D eigenvalue weighted by molar-refractivity contribution is 5.75. The molecule has 6 nitrogen and oxygen atoms in total. The molecule has 0 bridgehead atoms. The van der Waals surface area contributed by atoms with Gasteiger partial charge in [0.15, 0.2) is 6.10 Å². The molecule has 0 aromatic carbocycles. The van der Waals surface area contributed by atoms with Crippen LogP contribution in [0, 0.1) is 6.92 Å². The molecule has 78 valence electrons. The minimum atomic E-state index is -1.60. The smallest absolute Gasteiger partial charge is 0.337 e. The predicted octanol–water partition coefficient (Wildman–Crippen LogP) is -0.145. The van der Waals surface area contributed by atoms with Crippen molar-refractivity contribution in [1.29, 1.82) is 0 Å². The van der Waals surface area contributed by atoms with E-state index in [0.717, 1.165) is 0 Å². The van der Waals surface area contributed by atoms with Crippen LogP contribution in [0.3, 0.4) is 0 Å². The van der Waals surface area contributed by atoms with Gasteiger partial charge in [-0.1, -0.05) is 0 Å². The molecule has 0 spiro atoms. The van der Waals surface area contributed by atoms with Gasteiger partial charge >= 0.3 is 5.97 Å². The van der Waals surface area contributed by atoms with Gasteiger partial charge in [-0.25, -0.2) is 9.48 Å². The van der Waals surface area contributed by atoms with E-state index < -0.39 is 12.1 Å². The maximum Gasteiger partial charge on any atom is 0.337 e. The van der Waals surface area contributed by atoms with Crippen molar-refractivity contribution in [3.63, 3.8) is 0 Å². The summed E-state index contributed by atoms with van der Waals surface area (Å²) in [5.74, 6) is -1.06. The van der Waals surface area contributed by atoms with E-state index in [4.69, 9.17) is 9.84 Å². The normalized spacial score (nSPS) is 12.6. The summed E-state index contributed by atoms with van der Waals surface area (Å²) in [6.45, 7) is 1.62. The summed E-state index contributed by atoms with van der Waals surface area (Å²) in [4.78, 5) is 10.6. The van der Waals surface area contributed by atoms with Gasteiger partial charge in [-0.3, -0.25) is 0 Å². The van der Waals surface area contributed by atoms with Crippen LogP contribution in [-0.2, 0) is 11.8 Å². The van der Waals surface area contributed by atoms with Gasteiger partial charge < -0.3 is 14.9 Å². The molecule has 1 atom stereocenters. The molecule has 1 rings (SSSR count). The number of aromatic nitrogens is 2. The van der Waals surface area contributed by atoms with Gasteiger partial charge in [0.2, 0.25) is 5.88 Å². The quantitative estimate of drug-likeness (QED) is 0.709. The van der Waals surface area contributed by atoms with Crippen molar-refractivity contribution in [1.82, 2.24) is 9.78 Å². The van der Waals surface area contributed by atoms with E-state index in [0.29, 0.717) is 5.69 Å². The number of methoxy groups -OCH3 is 1. The number of aliphatic hydroxyl groups excluding tert-OH is 1. The minimum absolute atomic E-state index is 0.197. The van der Waals surface area contributed by atoms with Gasteiger partial charge in [0, 0.05) is 7.05 Å². The summed E-state index contributed by atoms with van der Waals surface area (Å²) in [5.41, 5.74) is 0.641. The third kappa shape index (κ3) is 1.56. The van der Waals surface area contributed by atoms with E-state index in [-0.39, 0.29) is 11.4 Å². The minimum Gasteiger partial charge on any atom is -0.481 e. The van der Waals surface area contributed by atoms with Crippen molar-refractivity contribution in [2.75, 3.05) is 7.11 Å². The predicted molar refractivity (Wildman–Crippen MR) is 47.1 cm³/mol. The number of nitrogens with zero attached hydrogens (tertiary/aromatic N) is 2. The lowest BCUT2D eigenvalue weighted by molar-refractivity contribution is -0.147. The highest BCUT2D eigenvalue weighted by Crippen LogP contribution is 2.27. The second kappa shape index (κ2) is 3.67. The Balaban J connectivity index is 3.24. The number of carboxylic acid groups (broad SMARTS) is 1. The molecule has 1 unspecified atom stereocenters. The topological polar surface area (TPSA) is 84.6 Å². The van der Waals surface area contributed by atoms with Crippen LogP contribution < -0.4 is 4.74 Å². The Kier molecular flexibility index (Phi) is 2.76. The molecular weight excluding hydrogens is 188 g/mol. The van der Waals surface area contributed by atoms with E-state index in [2.05, 4.69) is 5.10 Å². The standard InChI is InChI=1S/C8H12N2O4/c1-4-5(6(11)8(12)13)7(14-3)10(2)9-4/h6,11H,1-3H3,(H,12,13). The van der Waals surface area contributed by atoms with E-state index in [1.165, 1.54) is 11.8 Å². The summed E-state index contributed by atoms with van der Waals surface area (Å²) in [7, 11) is 3.01. The Bertz CT molecular complexity index is 358. The van der Waals surface area contributed by atoms with E-state index in [1.54, 1.807) is 14.0 Å². The number of aliphatic hydroxyl groups is 1. The fourth-order valence-electron chi connectivity index (χ4n) is 1.33. The van der Waals surface area contributed by atoms with Crippen LogP contribution in [0.2, 0.25) is 0 Å². The zero-order valence-corrected chi connectivity index (χ0v) is 8.18. The Morgan fingerprint density at radius 2 is 2.21 bits per heavy atom. The zero-order chi connectivity index (χ0) is 10.9. The molecule has 14 heavy (non-hydrogen) atoms. The molecule has 0 saturated carbocycles. The fraction of sp³-hybridized carbons (Fsp3) is 0.500. The average molecular weight is 200 g/mol. The number of hydrogen-bond donors (Lipinski definition) is 2. The van der Waals surface area contributed by atoms with Crippen LogP contribution in [-0.4, -0.2) is 33.1 Å². The second-order valence-corrected chi connectivity index (χ2v) is 2.87. The molecule has 0 aliphatic carbocycles. The Labute approximate surface area is 80.7 Å². The van der Waals surface area contributed by atoms with Crippen LogP contribution in [0.4, 0.5) is 0 Å². The van der Waals surface area contributed by atoms with Crippen LogP contribution in [0.25, 0.3) is 0 Å². The van der Waals surface area contributed by atoms with Crippen molar-refractivity contribution in [2.24, 2.45) is 7.05 Å². The first-order valence-electron chi connectivity index (χ1n) is 3.97. The SMILES string of the molecule is COc1c(C(O)C(=O)O)c(C)nn1C. The molecule has 0 amide bonds. The molecule has 6 heteroatoms. The van der Waals surface area contributed by atoms with Crippen LogP contribution in [0.15, 0.2) is 0 Å². The van der Waals surface area contributed by atoms with Gasteiger partial charge in [-0.15, -0.1) is 0 Å². The molecular formula is C8H12N2O4. The lowest BCUT2D eigenvalue weighted by Gasteiger charge is -2.07. The molecule has 0 radical (unpaired) electrons. The van der Waals surface area contributed by atoms with Gasteiger partial charge in [0.1, 0.15) is 0 Å². The lowest BCUT2D eigenvalue weighted by atomic mass is 10.1. The molecule has 0 fully saturated rings. The number of rotatable bonds is 3. The van der Waals surface area contributed by atoms with E-state index in [9.17, 15) is 9.90 Å². The molecule has 1 heterocycles.